The van der Waals surface area contributed by atoms with Gasteiger partial charge in [0.1, 0.15) is 0 Å². The smallest absolute Gasteiger partial charge is 0.0356 e. The molecule has 1 aliphatic heterocycles. The van der Waals surface area contributed by atoms with E-state index in [-0.39, 0.29) is 0 Å². The van der Waals surface area contributed by atoms with Gasteiger partial charge in [0.25, 0.3) is 0 Å². The number of allylic oxidation sites excluding steroid dienone is 2. The summed E-state index contributed by atoms with van der Waals surface area (Å²) in [5.74, 6) is 0. The fourth-order valence-electron chi connectivity index (χ4n) is 1.27. The zero-order chi connectivity index (χ0) is 9.68. The first-order valence-corrected chi connectivity index (χ1v) is 5.20. The van der Waals surface area contributed by atoms with Crippen LogP contribution in [0.2, 0.25) is 0 Å². The highest BCUT2D eigenvalue weighted by molar-refractivity contribution is 8.01. The Morgan fingerprint density at radius 2 is 2.46 bits per heavy atom. The van der Waals surface area contributed by atoms with Gasteiger partial charge < -0.3 is 5.73 Å². The molecule has 2 N–H and O–H groups in total. The summed E-state index contributed by atoms with van der Waals surface area (Å²) >= 11 is 1.75. The van der Waals surface area contributed by atoms with E-state index in [4.69, 9.17) is 5.73 Å². The molecule has 72 valence electrons. The van der Waals surface area contributed by atoms with Crippen molar-refractivity contribution < 1.29 is 0 Å². The largest absolute Gasteiger partial charge is 0.329 e. The molecule has 0 atom stereocenters. The number of nitrogens with two attached hydrogens (primary N) is 1. The van der Waals surface area contributed by atoms with Crippen LogP contribution in [0.25, 0.3) is 0 Å². The number of hydrogen-bond acceptors (Lipinski definition) is 3. The third kappa shape index (κ3) is 2.72. The summed E-state index contributed by atoms with van der Waals surface area (Å²) in [7, 11) is 0. The Balaban J connectivity index is 2.63. The lowest BCUT2D eigenvalue weighted by Crippen LogP contribution is -2.21. The monoisotopic (exact) mass is 196 g/mol. The van der Waals surface area contributed by atoms with Crippen molar-refractivity contribution >= 4 is 11.9 Å². The first kappa shape index (κ1) is 10.6. The average molecular weight is 196 g/mol. The zero-order valence-corrected chi connectivity index (χ0v) is 8.81. The minimum Gasteiger partial charge on any atom is -0.329 e. The van der Waals surface area contributed by atoms with Gasteiger partial charge in [-0.3, -0.25) is 0 Å². The van der Waals surface area contributed by atoms with Crippen LogP contribution in [-0.4, -0.2) is 23.9 Å². The van der Waals surface area contributed by atoms with Crippen LogP contribution in [0.4, 0.5) is 0 Å². The molecule has 0 saturated carbocycles. The highest BCUT2D eigenvalue weighted by Gasteiger charge is 2.18. The predicted octanol–water partition coefficient (Wildman–Crippen LogP) is 1.93. The predicted molar refractivity (Wildman–Crippen MR) is 60.3 cm³/mol. The Hall–Kier alpha value is -0.510. The Kier molecular flexibility index (Phi) is 4.28. The second-order valence-corrected chi connectivity index (χ2v) is 3.98. The van der Waals surface area contributed by atoms with Gasteiger partial charge in [-0.15, -0.1) is 0 Å². The average Bonchev–Trinajstić information content (AvgIpc) is 2.49. The standard InChI is InChI=1S/C10H16N2S/c1-3-5-9-8-12(7-6-11)13-10(9)4-2/h3-5H,2,6-8,11H2,1H3/b5-3-. The van der Waals surface area contributed by atoms with Gasteiger partial charge in [0.15, 0.2) is 0 Å². The van der Waals surface area contributed by atoms with Crippen LogP contribution in [0, 0.1) is 0 Å². The van der Waals surface area contributed by atoms with Gasteiger partial charge in [-0.05, 0) is 24.4 Å². The van der Waals surface area contributed by atoms with E-state index >= 15 is 0 Å². The normalized spacial score (nSPS) is 18.9. The molecule has 0 aromatic rings. The van der Waals surface area contributed by atoms with Crippen molar-refractivity contribution in [1.29, 1.82) is 0 Å². The van der Waals surface area contributed by atoms with Crippen molar-refractivity contribution in [2.45, 2.75) is 6.92 Å². The molecule has 0 aliphatic carbocycles. The van der Waals surface area contributed by atoms with Crippen LogP contribution >= 0.6 is 11.9 Å². The maximum absolute atomic E-state index is 5.50. The van der Waals surface area contributed by atoms with Crippen molar-refractivity contribution in [3.63, 3.8) is 0 Å². The first-order valence-electron chi connectivity index (χ1n) is 4.43. The molecule has 1 aliphatic rings. The van der Waals surface area contributed by atoms with Crippen LogP contribution < -0.4 is 5.73 Å². The van der Waals surface area contributed by atoms with Gasteiger partial charge in [0.2, 0.25) is 0 Å². The molecule has 3 heteroatoms. The SMILES string of the molecule is C=CC1=C(/C=C\C)CN(CCN)S1. The van der Waals surface area contributed by atoms with Crippen LogP contribution in [0.1, 0.15) is 6.92 Å². The van der Waals surface area contributed by atoms with Crippen LogP contribution in [0.5, 0.6) is 0 Å². The van der Waals surface area contributed by atoms with Crippen LogP contribution in [0.15, 0.2) is 35.3 Å². The van der Waals surface area contributed by atoms with E-state index < -0.39 is 0 Å². The molecular formula is C10H16N2S. The van der Waals surface area contributed by atoms with Crippen molar-refractivity contribution in [2.24, 2.45) is 5.73 Å². The summed E-state index contributed by atoms with van der Waals surface area (Å²) in [5.41, 5.74) is 6.84. The van der Waals surface area contributed by atoms with E-state index in [0.29, 0.717) is 6.54 Å². The quantitative estimate of drug-likeness (QED) is 0.697. The zero-order valence-electron chi connectivity index (χ0n) is 7.99. The Labute approximate surface area is 84.3 Å². The lowest BCUT2D eigenvalue weighted by molar-refractivity contribution is 0.534. The highest BCUT2D eigenvalue weighted by Crippen LogP contribution is 2.33. The highest BCUT2D eigenvalue weighted by atomic mass is 32.2. The summed E-state index contributed by atoms with van der Waals surface area (Å²) in [5, 5.41) is 0. The van der Waals surface area contributed by atoms with E-state index in [1.165, 1.54) is 10.5 Å². The van der Waals surface area contributed by atoms with Gasteiger partial charge in [-0.25, -0.2) is 4.31 Å². The minimum absolute atomic E-state index is 0.709. The van der Waals surface area contributed by atoms with Crippen LogP contribution in [0.3, 0.4) is 0 Å². The molecule has 0 aromatic heterocycles. The van der Waals surface area contributed by atoms with E-state index in [2.05, 4.69) is 23.0 Å². The second-order valence-electron chi connectivity index (χ2n) is 2.84. The summed E-state index contributed by atoms with van der Waals surface area (Å²) in [6.07, 6.45) is 6.11. The fourth-order valence-corrected chi connectivity index (χ4v) is 2.27. The van der Waals surface area contributed by atoms with Gasteiger partial charge >= 0.3 is 0 Å². The number of hydrogen-bond donors (Lipinski definition) is 1. The number of rotatable bonds is 4. The van der Waals surface area contributed by atoms with Crippen LogP contribution in [-0.2, 0) is 0 Å². The molecule has 0 radical (unpaired) electrons. The molecule has 0 unspecified atom stereocenters. The lowest BCUT2D eigenvalue weighted by atomic mass is 10.2. The Bertz CT molecular complexity index is 243. The molecular weight excluding hydrogens is 180 g/mol. The first-order chi connectivity index (χ1) is 6.31. The Morgan fingerprint density at radius 3 is 3.00 bits per heavy atom. The lowest BCUT2D eigenvalue weighted by Gasteiger charge is -2.11. The minimum atomic E-state index is 0.709. The maximum Gasteiger partial charge on any atom is 0.0356 e. The topological polar surface area (TPSA) is 29.3 Å². The van der Waals surface area contributed by atoms with Crippen molar-refractivity contribution in [2.75, 3.05) is 19.6 Å². The molecule has 0 amide bonds. The van der Waals surface area contributed by atoms with E-state index in [0.717, 1.165) is 13.1 Å². The van der Waals surface area contributed by atoms with Gasteiger partial charge in [-0.1, -0.05) is 24.8 Å². The van der Waals surface area contributed by atoms with Gasteiger partial charge in [-0.2, -0.15) is 0 Å². The molecule has 0 fully saturated rings. The Morgan fingerprint density at radius 1 is 1.69 bits per heavy atom. The summed E-state index contributed by atoms with van der Waals surface area (Å²) in [6, 6.07) is 0. The third-order valence-electron chi connectivity index (χ3n) is 1.82. The molecule has 1 heterocycles. The fraction of sp³-hybridized carbons (Fsp3) is 0.400. The molecule has 0 bridgehead atoms. The van der Waals surface area contributed by atoms with E-state index in [9.17, 15) is 0 Å². The van der Waals surface area contributed by atoms with Crippen molar-refractivity contribution in [3.05, 3.63) is 35.3 Å². The molecule has 2 nitrogen and oxygen atoms in total. The third-order valence-corrected chi connectivity index (χ3v) is 3.02. The van der Waals surface area contributed by atoms with Gasteiger partial charge in [0, 0.05) is 24.5 Å². The van der Waals surface area contributed by atoms with Crippen molar-refractivity contribution in [1.82, 2.24) is 4.31 Å². The molecule has 13 heavy (non-hydrogen) atoms. The molecule has 0 saturated heterocycles. The summed E-state index contributed by atoms with van der Waals surface area (Å²) in [4.78, 5) is 1.26. The maximum atomic E-state index is 5.50. The molecule has 1 rings (SSSR count). The van der Waals surface area contributed by atoms with E-state index in [1.54, 1.807) is 11.9 Å². The molecule has 0 aromatic carbocycles. The van der Waals surface area contributed by atoms with E-state index in [1.807, 2.05) is 13.0 Å². The summed E-state index contributed by atoms with van der Waals surface area (Å²) in [6.45, 7) is 8.45. The van der Waals surface area contributed by atoms with Crippen molar-refractivity contribution in [3.8, 4) is 0 Å². The summed E-state index contributed by atoms with van der Waals surface area (Å²) < 4.78 is 2.26. The van der Waals surface area contributed by atoms with Gasteiger partial charge in [0.05, 0.1) is 0 Å². The molecule has 0 spiro atoms. The second kappa shape index (κ2) is 5.27. The number of nitrogens with zero attached hydrogens (tertiary/aromatic N) is 1.